The van der Waals surface area contributed by atoms with E-state index < -0.39 is 4.92 Å². The minimum atomic E-state index is -0.470. The van der Waals surface area contributed by atoms with Crippen LogP contribution < -0.4 is 4.90 Å². The zero-order valence-electron chi connectivity index (χ0n) is 13.3. The highest BCUT2D eigenvalue weighted by Crippen LogP contribution is 2.30. The number of hydrogen-bond donors (Lipinski definition) is 0. The Bertz CT molecular complexity index is 775. The Hall–Kier alpha value is -2.73. The van der Waals surface area contributed by atoms with Gasteiger partial charge in [0.1, 0.15) is 0 Å². The third kappa shape index (κ3) is 3.28. The molecule has 3 rings (SSSR count). The maximum Gasteiger partial charge on any atom is 0.271 e. The van der Waals surface area contributed by atoms with Crippen LogP contribution in [0.5, 0.6) is 0 Å². The number of benzene rings is 2. The Kier molecular flexibility index (Phi) is 4.57. The zero-order chi connectivity index (χ0) is 17.1. The molecule has 1 aliphatic rings. The number of carbonyl (C=O) groups excluding carboxylic acids is 1. The van der Waals surface area contributed by atoms with Crippen LogP contribution in [-0.2, 0) is 16.0 Å². The maximum atomic E-state index is 12.6. The average Bonchev–Trinajstić information content (AvgIpc) is 2.61. The fraction of sp³-hybridized carbons (Fsp3) is 0.278. The molecule has 124 valence electrons. The van der Waals surface area contributed by atoms with Gasteiger partial charge in [0.05, 0.1) is 29.7 Å². The van der Waals surface area contributed by atoms with Crippen molar-refractivity contribution in [3.8, 4) is 0 Å². The van der Waals surface area contributed by atoms with E-state index in [-0.39, 0.29) is 24.1 Å². The average molecular weight is 326 g/mol. The summed E-state index contributed by atoms with van der Waals surface area (Å²) in [5, 5.41) is 10.9. The first-order valence-corrected chi connectivity index (χ1v) is 7.76. The molecule has 0 aromatic heterocycles. The van der Waals surface area contributed by atoms with Gasteiger partial charge in [0.2, 0.25) is 5.91 Å². The number of carbonyl (C=O) groups is 1. The first-order chi connectivity index (χ1) is 11.6. The molecule has 0 fully saturated rings. The van der Waals surface area contributed by atoms with Crippen molar-refractivity contribution in [3.63, 3.8) is 0 Å². The lowest BCUT2D eigenvalue weighted by molar-refractivity contribution is -0.384. The minimum absolute atomic E-state index is 0.0357. The van der Waals surface area contributed by atoms with Crippen molar-refractivity contribution >= 4 is 17.3 Å². The molecule has 1 heterocycles. The third-order valence-corrected chi connectivity index (χ3v) is 4.25. The van der Waals surface area contributed by atoms with Crippen molar-refractivity contribution in [2.75, 3.05) is 18.6 Å². The number of nitro benzene ring substituents is 1. The first-order valence-electron chi connectivity index (χ1n) is 7.76. The summed E-state index contributed by atoms with van der Waals surface area (Å²) in [6.45, 7) is 0.593. The van der Waals surface area contributed by atoms with Crippen LogP contribution in [0.4, 0.5) is 11.4 Å². The van der Waals surface area contributed by atoms with Gasteiger partial charge in [-0.15, -0.1) is 0 Å². The number of non-ortho nitro benzene ring substituents is 1. The molecule has 0 spiro atoms. The summed E-state index contributed by atoms with van der Waals surface area (Å²) in [6.07, 6.45) is 0.779. The molecular weight excluding hydrogens is 308 g/mol. The van der Waals surface area contributed by atoms with Gasteiger partial charge in [-0.2, -0.15) is 0 Å². The molecule has 0 saturated heterocycles. The molecule has 0 unspecified atom stereocenters. The van der Waals surface area contributed by atoms with Gasteiger partial charge in [-0.25, -0.2) is 0 Å². The van der Waals surface area contributed by atoms with E-state index in [1.54, 1.807) is 19.2 Å². The van der Waals surface area contributed by atoms with Gasteiger partial charge >= 0.3 is 0 Å². The second-order valence-electron chi connectivity index (χ2n) is 5.74. The molecule has 2 aromatic rings. The number of nitro groups is 1. The van der Waals surface area contributed by atoms with Crippen LogP contribution in [0.3, 0.4) is 0 Å². The van der Waals surface area contributed by atoms with Crippen molar-refractivity contribution in [2.24, 2.45) is 0 Å². The van der Waals surface area contributed by atoms with Crippen molar-refractivity contribution in [3.05, 3.63) is 69.8 Å². The van der Waals surface area contributed by atoms with Gasteiger partial charge in [-0.05, 0) is 23.6 Å². The first kappa shape index (κ1) is 16.1. The van der Waals surface area contributed by atoms with Crippen molar-refractivity contribution in [1.82, 2.24) is 0 Å². The standard InChI is InChI=1S/C18H18N2O4/c1-19(14-6-4-7-15(11-14)20(22)23)18(21)12-17-16-8-3-2-5-13(16)9-10-24-17/h2-8,11,17H,9-10,12H2,1H3/t17-/m1/s1. The van der Waals surface area contributed by atoms with Gasteiger partial charge in [-0.3, -0.25) is 14.9 Å². The van der Waals surface area contributed by atoms with Crippen LogP contribution in [0.25, 0.3) is 0 Å². The van der Waals surface area contributed by atoms with Gasteiger partial charge in [-0.1, -0.05) is 30.3 Å². The number of anilines is 1. The smallest absolute Gasteiger partial charge is 0.271 e. The lowest BCUT2D eigenvalue weighted by Gasteiger charge is -2.27. The third-order valence-electron chi connectivity index (χ3n) is 4.25. The molecule has 0 saturated carbocycles. The molecule has 0 bridgehead atoms. The SMILES string of the molecule is CN(C(=O)C[C@H]1OCCc2ccccc21)c1cccc([N+](=O)[O-])c1. The second-order valence-corrected chi connectivity index (χ2v) is 5.74. The highest BCUT2D eigenvalue weighted by Gasteiger charge is 2.25. The largest absolute Gasteiger partial charge is 0.373 e. The zero-order valence-corrected chi connectivity index (χ0v) is 13.3. The summed E-state index contributed by atoms with van der Waals surface area (Å²) in [5.41, 5.74) is 2.72. The Labute approximate surface area is 139 Å². The normalized spacial score (nSPS) is 16.3. The Morgan fingerprint density at radius 2 is 2.08 bits per heavy atom. The molecular formula is C18H18N2O4. The fourth-order valence-corrected chi connectivity index (χ4v) is 2.90. The minimum Gasteiger partial charge on any atom is -0.373 e. The molecule has 0 aliphatic carbocycles. The molecule has 1 aliphatic heterocycles. The number of amides is 1. The molecule has 1 atom stereocenters. The highest BCUT2D eigenvalue weighted by molar-refractivity contribution is 5.93. The number of rotatable bonds is 4. The summed E-state index contributed by atoms with van der Waals surface area (Å²) >= 11 is 0. The van der Waals surface area contributed by atoms with Crippen LogP contribution >= 0.6 is 0 Å². The Morgan fingerprint density at radius 3 is 2.88 bits per heavy atom. The van der Waals surface area contributed by atoms with Gasteiger partial charge in [0.25, 0.3) is 5.69 Å². The lowest BCUT2D eigenvalue weighted by Crippen LogP contribution is -2.29. The van der Waals surface area contributed by atoms with Gasteiger partial charge in [0.15, 0.2) is 0 Å². The van der Waals surface area contributed by atoms with Crippen LogP contribution in [0.1, 0.15) is 23.7 Å². The molecule has 6 nitrogen and oxygen atoms in total. The summed E-state index contributed by atoms with van der Waals surface area (Å²) < 4.78 is 5.77. The number of ether oxygens (including phenoxy) is 1. The monoisotopic (exact) mass is 326 g/mol. The van der Waals surface area contributed by atoms with E-state index in [4.69, 9.17) is 4.74 Å². The van der Waals surface area contributed by atoms with Crippen LogP contribution in [0.2, 0.25) is 0 Å². The predicted molar refractivity (Wildman–Crippen MR) is 90.0 cm³/mol. The van der Waals surface area contributed by atoms with Gasteiger partial charge in [0, 0.05) is 19.2 Å². The van der Waals surface area contributed by atoms with Crippen LogP contribution in [-0.4, -0.2) is 24.5 Å². The predicted octanol–water partition coefficient (Wildman–Crippen LogP) is 3.26. The highest BCUT2D eigenvalue weighted by atomic mass is 16.6. The van der Waals surface area contributed by atoms with E-state index in [1.807, 2.05) is 18.2 Å². The number of fused-ring (bicyclic) bond motifs is 1. The van der Waals surface area contributed by atoms with Crippen LogP contribution in [0.15, 0.2) is 48.5 Å². The maximum absolute atomic E-state index is 12.6. The van der Waals surface area contributed by atoms with E-state index in [2.05, 4.69) is 6.07 Å². The van der Waals surface area contributed by atoms with E-state index in [9.17, 15) is 14.9 Å². The molecule has 0 radical (unpaired) electrons. The Balaban J connectivity index is 1.76. The summed E-state index contributed by atoms with van der Waals surface area (Å²) in [7, 11) is 1.62. The van der Waals surface area contributed by atoms with Crippen molar-refractivity contribution in [1.29, 1.82) is 0 Å². The molecule has 24 heavy (non-hydrogen) atoms. The second kappa shape index (κ2) is 6.80. The van der Waals surface area contributed by atoms with Crippen LogP contribution in [0, 0.1) is 10.1 Å². The molecule has 0 N–H and O–H groups in total. The van der Waals surface area contributed by atoms with E-state index in [0.717, 1.165) is 12.0 Å². The lowest BCUT2D eigenvalue weighted by atomic mass is 9.95. The topological polar surface area (TPSA) is 72.7 Å². The van der Waals surface area contributed by atoms with Crippen molar-refractivity contribution < 1.29 is 14.5 Å². The van der Waals surface area contributed by atoms with Crippen molar-refractivity contribution in [2.45, 2.75) is 18.9 Å². The quantitative estimate of drug-likeness (QED) is 0.638. The summed E-state index contributed by atoms with van der Waals surface area (Å²) in [5.74, 6) is -0.141. The van der Waals surface area contributed by atoms with Gasteiger partial charge < -0.3 is 9.64 Å². The van der Waals surface area contributed by atoms with E-state index in [0.29, 0.717) is 12.3 Å². The fourth-order valence-electron chi connectivity index (χ4n) is 2.90. The van der Waals surface area contributed by atoms with E-state index >= 15 is 0 Å². The molecule has 2 aromatic carbocycles. The number of nitrogens with zero attached hydrogens (tertiary/aromatic N) is 2. The number of hydrogen-bond acceptors (Lipinski definition) is 4. The summed E-state index contributed by atoms with van der Waals surface area (Å²) in [4.78, 5) is 24.4. The van der Waals surface area contributed by atoms with E-state index in [1.165, 1.54) is 22.6 Å². The molecule has 1 amide bonds. The summed E-state index contributed by atoms with van der Waals surface area (Å²) in [6, 6.07) is 14.0. The Morgan fingerprint density at radius 1 is 1.29 bits per heavy atom. The molecule has 6 heteroatoms.